The Hall–Kier alpha value is -0.0962. The van der Waals surface area contributed by atoms with Crippen molar-refractivity contribution in [1.29, 1.82) is 0 Å². The normalized spacial score (nSPS) is 14.7. The van der Waals surface area contributed by atoms with Gasteiger partial charge in [-0.05, 0) is 26.2 Å². The molecule has 0 bridgehead atoms. The number of hydrogen-bond donors (Lipinski definition) is 0. The lowest BCUT2D eigenvalue weighted by molar-refractivity contribution is 0.592. The van der Waals surface area contributed by atoms with Gasteiger partial charge in [0.1, 0.15) is 0 Å². The zero-order valence-electron chi connectivity index (χ0n) is 7.56. The Morgan fingerprint density at radius 2 is 1.90 bits per heavy atom. The van der Waals surface area contributed by atoms with Gasteiger partial charge in [-0.3, -0.25) is 4.66 Å². The van der Waals surface area contributed by atoms with E-state index in [-0.39, 0.29) is 9.76 Å². The summed E-state index contributed by atoms with van der Waals surface area (Å²) in [5, 5.41) is 0. The van der Waals surface area contributed by atoms with Gasteiger partial charge in [0.15, 0.2) is 14.1 Å². The van der Waals surface area contributed by atoms with Crippen LogP contribution in [0.3, 0.4) is 0 Å². The maximum atomic E-state index is 5.34. The highest BCUT2D eigenvalue weighted by Crippen LogP contribution is 2.02. The second-order valence-electron chi connectivity index (χ2n) is 3.23. The summed E-state index contributed by atoms with van der Waals surface area (Å²) in [7, 11) is -1.58. The molecule has 0 saturated carbocycles. The van der Waals surface area contributed by atoms with E-state index in [9.17, 15) is 0 Å². The van der Waals surface area contributed by atoms with Gasteiger partial charge in [0.2, 0.25) is 9.76 Å². The highest BCUT2D eigenvalue weighted by Gasteiger charge is 2.11. The molecular formula is C6H17NOSi2. The molecule has 0 amide bonds. The van der Waals surface area contributed by atoms with Crippen molar-refractivity contribution in [2.45, 2.75) is 33.1 Å². The third-order valence-corrected chi connectivity index (χ3v) is 2.54. The van der Waals surface area contributed by atoms with Crippen LogP contribution in [0, 0.1) is 0 Å². The lowest BCUT2D eigenvalue weighted by Crippen LogP contribution is -2.20. The molecule has 0 aromatic heterocycles. The van der Waals surface area contributed by atoms with Crippen LogP contribution >= 0.6 is 0 Å². The van der Waals surface area contributed by atoms with Crippen LogP contribution in [0.5, 0.6) is 0 Å². The molecule has 0 aliphatic rings. The number of rotatable bonds is 2. The minimum Gasteiger partial charge on any atom is -0.541 e. The van der Waals surface area contributed by atoms with E-state index in [1.165, 1.54) is 0 Å². The van der Waals surface area contributed by atoms with Crippen molar-refractivity contribution in [3.8, 4) is 0 Å². The minimum absolute atomic E-state index is 0.311. The summed E-state index contributed by atoms with van der Waals surface area (Å²) in [6, 6.07) is 0. The van der Waals surface area contributed by atoms with Gasteiger partial charge >= 0.3 is 0 Å². The first-order valence-corrected chi connectivity index (χ1v) is 9.09. The second kappa shape index (κ2) is 3.93. The first-order valence-electron chi connectivity index (χ1n) is 3.65. The zero-order valence-corrected chi connectivity index (χ0v) is 9.98. The molecule has 10 heavy (non-hydrogen) atoms. The van der Waals surface area contributed by atoms with E-state index in [0.717, 1.165) is 5.90 Å². The molecule has 60 valence electrons. The van der Waals surface area contributed by atoms with Crippen molar-refractivity contribution in [3.05, 3.63) is 0 Å². The molecule has 4 heteroatoms. The van der Waals surface area contributed by atoms with Gasteiger partial charge in [-0.1, -0.05) is 0 Å². The zero-order chi connectivity index (χ0) is 8.20. The summed E-state index contributed by atoms with van der Waals surface area (Å²) in [4.78, 5) is 0. The second-order valence-corrected chi connectivity index (χ2v) is 8.67. The first kappa shape index (κ1) is 9.90. The lowest BCUT2D eigenvalue weighted by Gasteiger charge is -2.11. The molecule has 0 radical (unpaired) electrons. The summed E-state index contributed by atoms with van der Waals surface area (Å²) >= 11 is 0. The van der Waals surface area contributed by atoms with Gasteiger partial charge < -0.3 is 4.43 Å². The van der Waals surface area contributed by atoms with Crippen molar-refractivity contribution in [2.24, 2.45) is 4.66 Å². The maximum Gasteiger partial charge on any atom is 0.218 e. The fourth-order valence-electron chi connectivity index (χ4n) is 0.714. The molecule has 0 aromatic carbocycles. The Balaban J connectivity index is 3.90. The third-order valence-electron chi connectivity index (χ3n) is 0.846. The van der Waals surface area contributed by atoms with Gasteiger partial charge in [-0.2, -0.15) is 0 Å². The molecule has 0 spiro atoms. The summed E-state index contributed by atoms with van der Waals surface area (Å²) in [6.45, 7) is 10.7. The average Bonchev–Trinajstić information content (AvgIpc) is 1.59. The molecule has 0 unspecified atom stereocenters. The number of nitrogens with zero attached hydrogens (tertiary/aromatic N) is 1. The molecule has 0 fully saturated rings. The first-order chi connectivity index (χ1) is 4.45. The monoisotopic (exact) mass is 175 g/mol. The smallest absolute Gasteiger partial charge is 0.218 e. The van der Waals surface area contributed by atoms with E-state index < -0.39 is 8.24 Å². The van der Waals surface area contributed by atoms with Gasteiger partial charge in [0, 0.05) is 6.92 Å². The van der Waals surface area contributed by atoms with Crippen LogP contribution in [-0.2, 0) is 4.43 Å². The van der Waals surface area contributed by atoms with Crippen LogP contribution in [0.25, 0.3) is 0 Å². The molecule has 0 aliphatic heterocycles. The van der Waals surface area contributed by atoms with E-state index in [0.29, 0.717) is 0 Å². The Morgan fingerprint density at radius 3 is 2.20 bits per heavy atom. The molecular weight excluding hydrogens is 158 g/mol. The Morgan fingerprint density at radius 1 is 1.40 bits per heavy atom. The predicted molar refractivity (Wildman–Crippen MR) is 51.9 cm³/mol. The van der Waals surface area contributed by atoms with E-state index in [1.54, 1.807) is 0 Å². The fourth-order valence-corrected chi connectivity index (χ4v) is 2.33. The Kier molecular flexibility index (Phi) is 3.89. The largest absolute Gasteiger partial charge is 0.541 e. The number of hydrogen-bond acceptors (Lipinski definition) is 2. The molecule has 0 aliphatic carbocycles. The third kappa shape index (κ3) is 6.03. The molecule has 0 rings (SSSR count). The average molecular weight is 175 g/mol. The van der Waals surface area contributed by atoms with Crippen molar-refractivity contribution < 1.29 is 4.43 Å². The maximum absolute atomic E-state index is 5.34. The van der Waals surface area contributed by atoms with Gasteiger partial charge in [0.25, 0.3) is 0 Å². The molecule has 0 atom stereocenters. The van der Waals surface area contributed by atoms with E-state index in [4.69, 9.17) is 4.43 Å². The fraction of sp³-hybridized carbons (Fsp3) is 0.833. The summed E-state index contributed by atoms with van der Waals surface area (Å²) in [6.07, 6.45) is 0. The minimum atomic E-state index is -1.27. The highest BCUT2D eigenvalue weighted by atomic mass is 28.3. The molecule has 0 saturated heterocycles. The van der Waals surface area contributed by atoms with Crippen molar-refractivity contribution in [3.63, 3.8) is 0 Å². The van der Waals surface area contributed by atoms with Crippen LogP contribution in [0.1, 0.15) is 6.92 Å². The van der Waals surface area contributed by atoms with Crippen molar-refractivity contribution in [1.82, 2.24) is 0 Å². The standard InChI is InChI=1S/C6H17NOSi2/c1-6(8-9-2)7-10(3,4)5/h9H2,1-5H3. The lowest BCUT2D eigenvalue weighted by atomic mass is 10.8. The van der Waals surface area contributed by atoms with Crippen LogP contribution in [-0.4, -0.2) is 23.9 Å². The SMILES string of the molecule is C[SiH2]OC(C)=N[Si](C)(C)C. The van der Waals surface area contributed by atoms with Gasteiger partial charge in [0.05, 0.1) is 0 Å². The van der Waals surface area contributed by atoms with Crippen LogP contribution in [0.2, 0.25) is 26.2 Å². The van der Waals surface area contributed by atoms with Gasteiger partial charge in [-0.15, -0.1) is 0 Å². The highest BCUT2D eigenvalue weighted by molar-refractivity contribution is 6.75. The quantitative estimate of drug-likeness (QED) is 0.353. The van der Waals surface area contributed by atoms with Crippen LogP contribution < -0.4 is 0 Å². The summed E-state index contributed by atoms with van der Waals surface area (Å²) in [5.41, 5.74) is 0. The molecule has 0 N–H and O–H groups in total. The molecule has 0 heterocycles. The van der Waals surface area contributed by atoms with E-state index in [2.05, 4.69) is 30.8 Å². The molecule has 2 nitrogen and oxygen atoms in total. The van der Waals surface area contributed by atoms with E-state index >= 15 is 0 Å². The van der Waals surface area contributed by atoms with E-state index in [1.807, 2.05) is 6.92 Å². The van der Waals surface area contributed by atoms with Gasteiger partial charge in [-0.25, -0.2) is 0 Å². The topological polar surface area (TPSA) is 21.6 Å². The summed E-state index contributed by atoms with van der Waals surface area (Å²) < 4.78 is 9.81. The predicted octanol–water partition coefficient (Wildman–Crippen LogP) is 1.39. The van der Waals surface area contributed by atoms with Crippen molar-refractivity contribution >= 4 is 23.9 Å². The van der Waals surface area contributed by atoms with Crippen molar-refractivity contribution in [2.75, 3.05) is 0 Å². The molecule has 0 aromatic rings. The summed E-state index contributed by atoms with van der Waals surface area (Å²) in [5.74, 6) is 0.897. The Bertz CT molecular complexity index is 128. The Labute approximate surface area is 66.7 Å². The van der Waals surface area contributed by atoms with Crippen LogP contribution in [0.15, 0.2) is 4.66 Å². The van der Waals surface area contributed by atoms with Crippen LogP contribution in [0.4, 0.5) is 0 Å².